The first-order chi connectivity index (χ1) is 5.75. The number of rotatable bonds is 3. The maximum atomic E-state index is 11.5. The molecule has 12 heavy (non-hydrogen) atoms. The summed E-state index contributed by atoms with van der Waals surface area (Å²) >= 11 is 0. The summed E-state index contributed by atoms with van der Waals surface area (Å²) in [4.78, 5) is 13.1. The number of hydrogen-bond acceptors (Lipinski definition) is 3. The molecule has 2 N–H and O–H groups in total. The smallest absolute Gasteiger partial charge is 0.239 e. The van der Waals surface area contributed by atoms with Crippen molar-refractivity contribution in [3.8, 4) is 0 Å². The fourth-order valence-electron chi connectivity index (χ4n) is 1.42. The summed E-state index contributed by atoms with van der Waals surface area (Å²) in [7, 11) is 1.72. The third-order valence-corrected chi connectivity index (χ3v) is 2.17. The first-order valence-corrected chi connectivity index (χ1v) is 4.35. The number of amides is 1. The van der Waals surface area contributed by atoms with Crippen molar-refractivity contribution in [3.05, 3.63) is 0 Å². The Morgan fingerprint density at radius 2 is 2.50 bits per heavy atom. The number of nitrogens with zero attached hydrogens (tertiary/aromatic N) is 1. The third kappa shape index (κ3) is 2.19. The van der Waals surface area contributed by atoms with E-state index in [9.17, 15) is 4.79 Å². The molecule has 0 saturated carbocycles. The van der Waals surface area contributed by atoms with Crippen LogP contribution in [0.2, 0.25) is 0 Å². The van der Waals surface area contributed by atoms with Gasteiger partial charge in [-0.25, -0.2) is 0 Å². The minimum Gasteiger partial charge on any atom is -0.395 e. The maximum Gasteiger partial charge on any atom is 0.239 e. The average Bonchev–Trinajstić information content (AvgIpc) is 2.55. The lowest BCUT2D eigenvalue weighted by molar-refractivity contribution is -0.132. The lowest BCUT2D eigenvalue weighted by atomic mass is 10.2. The highest BCUT2D eigenvalue weighted by Crippen LogP contribution is 2.07. The van der Waals surface area contributed by atoms with Gasteiger partial charge in [0.1, 0.15) is 0 Å². The normalized spacial score (nSPS) is 22.7. The van der Waals surface area contributed by atoms with E-state index in [2.05, 4.69) is 5.32 Å². The highest BCUT2D eigenvalue weighted by Gasteiger charge is 2.24. The van der Waals surface area contributed by atoms with Gasteiger partial charge in [0.2, 0.25) is 5.91 Å². The van der Waals surface area contributed by atoms with Crippen molar-refractivity contribution >= 4 is 5.91 Å². The number of carbonyl (C=O) groups is 1. The molecule has 1 saturated heterocycles. The second kappa shape index (κ2) is 4.42. The Labute approximate surface area is 72.6 Å². The predicted octanol–water partition coefficient (Wildman–Crippen LogP) is -0.811. The van der Waals surface area contributed by atoms with Crippen molar-refractivity contribution < 1.29 is 9.90 Å². The highest BCUT2D eigenvalue weighted by atomic mass is 16.3. The maximum absolute atomic E-state index is 11.5. The molecule has 4 heteroatoms. The molecule has 0 bridgehead atoms. The van der Waals surface area contributed by atoms with Gasteiger partial charge in [-0.3, -0.25) is 4.79 Å². The zero-order valence-electron chi connectivity index (χ0n) is 7.42. The Morgan fingerprint density at radius 3 is 3.00 bits per heavy atom. The van der Waals surface area contributed by atoms with Crippen LogP contribution >= 0.6 is 0 Å². The predicted molar refractivity (Wildman–Crippen MR) is 45.7 cm³/mol. The van der Waals surface area contributed by atoms with Gasteiger partial charge in [-0.2, -0.15) is 0 Å². The molecule has 0 radical (unpaired) electrons. The molecule has 1 rings (SSSR count). The van der Waals surface area contributed by atoms with E-state index in [0.29, 0.717) is 6.54 Å². The Bertz CT molecular complexity index is 155. The number of carbonyl (C=O) groups excluding carboxylic acids is 1. The summed E-state index contributed by atoms with van der Waals surface area (Å²) in [6.45, 7) is 1.40. The van der Waals surface area contributed by atoms with Gasteiger partial charge in [-0.1, -0.05) is 0 Å². The molecule has 4 nitrogen and oxygen atoms in total. The molecular formula is C8H16N2O2. The van der Waals surface area contributed by atoms with Gasteiger partial charge in [-0.05, 0) is 19.4 Å². The van der Waals surface area contributed by atoms with Crippen LogP contribution in [0.3, 0.4) is 0 Å². The molecule has 1 amide bonds. The molecule has 1 aliphatic heterocycles. The van der Waals surface area contributed by atoms with Gasteiger partial charge in [0.05, 0.1) is 12.6 Å². The van der Waals surface area contributed by atoms with Crippen LogP contribution in [0.4, 0.5) is 0 Å². The first kappa shape index (κ1) is 9.48. The average molecular weight is 172 g/mol. The van der Waals surface area contributed by atoms with Gasteiger partial charge in [-0.15, -0.1) is 0 Å². The van der Waals surface area contributed by atoms with E-state index in [0.717, 1.165) is 19.4 Å². The number of aliphatic hydroxyl groups excluding tert-OH is 1. The Morgan fingerprint density at radius 1 is 1.75 bits per heavy atom. The topological polar surface area (TPSA) is 52.6 Å². The van der Waals surface area contributed by atoms with E-state index in [4.69, 9.17) is 5.11 Å². The molecule has 0 aromatic rings. The van der Waals surface area contributed by atoms with Crippen LogP contribution in [0, 0.1) is 0 Å². The number of nitrogens with one attached hydrogen (secondary N) is 1. The molecule has 70 valence electrons. The van der Waals surface area contributed by atoms with Crippen LogP contribution in [0.15, 0.2) is 0 Å². The van der Waals surface area contributed by atoms with Crippen molar-refractivity contribution in [1.29, 1.82) is 0 Å². The number of aliphatic hydroxyl groups is 1. The second-order valence-electron chi connectivity index (χ2n) is 3.13. The lowest BCUT2D eigenvalue weighted by Crippen LogP contribution is -2.42. The van der Waals surface area contributed by atoms with Crippen LogP contribution in [0.1, 0.15) is 12.8 Å². The van der Waals surface area contributed by atoms with E-state index < -0.39 is 0 Å². The first-order valence-electron chi connectivity index (χ1n) is 4.35. The molecule has 1 atom stereocenters. The highest BCUT2D eigenvalue weighted by molar-refractivity contribution is 5.81. The van der Waals surface area contributed by atoms with E-state index in [1.807, 2.05) is 0 Å². The van der Waals surface area contributed by atoms with Gasteiger partial charge in [0, 0.05) is 13.6 Å². The zero-order chi connectivity index (χ0) is 8.97. The van der Waals surface area contributed by atoms with Crippen LogP contribution < -0.4 is 5.32 Å². The molecule has 1 aliphatic rings. The molecule has 1 unspecified atom stereocenters. The second-order valence-corrected chi connectivity index (χ2v) is 3.13. The number of likely N-dealkylation sites (N-methyl/N-ethyl adjacent to an activating group) is 1. The summed E-state index contributed by atoms with van der Waals surface area (Å²) < 4.78 is 0. The standard InChI is InChI=1S/C8H16N2O2/c1-10(5-6-11)8(12)7-3-2-4-9-7/h7,9,11H,2-6H2,1H3. The van der Waals surface area contributed by atoms with Crippen molar-refractivity contribution in [2.45, 2.75) is 18.9 Å². The summed E-state index contributed by atoms with van der Waals surface area (Å²) in [6.07, 6.45) is 2.00. The summed E-state index contributed by atoms with van der Waals surface area (Å²) in [5, 5.41) is 11.7. The van der Waals surface area contributed by atoms with Crippen molar-refractivity contribution in [2.75, 3.05) is 26.7 Å². The van der Waals surface area contributed by atoms with E-state index >= 15 is 0 Å². The van der Waals surface area contributed by atoms with Gasteiger partial charge in [0.15, 0.2) is 0 Å². The van der Waals surface area contributed by atoms with Crippen molar-refractivity contribution in [3.63, 3.8) is 0 Å². The van der Waals surface area contributed by atoms with Gasteiger partial charge in [0.25, 0.3) is 0 Å². The Balaban J connectivity index is 2.34. The van der Waals surface area contributed by atoms with Crippen LogP contribution in [-0.2, 0) is 4.79 Å². The van der Waals surface area contributed by atoms with E-state index in [1.54, 1.807) is 11.9 Å². The van der Waals surface area contributed by atoms with E-state index in [1.165, 1.54) is 0 Å². The SMILES string of the molecule is CN(CCO)C(=O)C1CCCN1. The fraction of sp³-hybridized carbons (Fsp3) is 0.875. The summed E-state index contributed by atoms with van der Waals surface area (Å²) in [5.74, 6) is 0.0987. The van der Waals surface area contributed by atoms with E-state index in [-0.39, 0.29) is 18.6 Å². The molecule has 0 aromatic carbocycles. The minimum absolute atomic E-state index is 0.0125. The van der Waals surface area contributed by atoms with Crippen molar-refractivity contribution in [1.82, 2.24) is 10.2 Å². The molecule has 1 heterocycles. The quantitative estimate of drug-likeness (QED) is 0.585. The zero-order valence-corrected chi connectivity index (χ0v) is 7.42. The minimum atomic E-state index is -0.0125. The Kier molecular flexibility index (Phi) is 3.49. The van der Waals surface area contributed by atoms with Gasteiger partial charge >= 0.3 is 0 Å². The molecule has 0 spiro atoms. The lowest BCUT2D eigenvalue weighted by Gasteiger charge is -2.19. The Hall–Kier alpha value is -0.610. The third-order valence-electron chi connectivity index (χ3n) is 2.17. The summed E-state index contributed by atoms with van der Waals surface area (Å²) in [5.41, 5.74) is 0. The largest absolute Gasteiger partial charge is 0.395 e. The summed E-state index contributed by atoms with van der Waals surface area (Å²) in [6, 6.07) is -0.0125. The van der Waals surface area contributed by atoms with Gasteiger partial charge < -0.3 is 15.3 Å². The molecular weight excluding hydrogens is 156 g/mol. The molecule has 0 aromatic heterocycles. The molecule has 0 aliphatic carbocycles. The van der Waals surface area contributed by atoms with Crippen LogP contribution in [0.5, 0.6) is 0 Å². The number of hydrogen-bond donors (Lipinski definition) is 2. The van der Waals surface area contributed by atoms with Crippen LogP contribution in [-0.4, -0.2) is 48.7 Å². The monoisotopic (exact) mass is 172 g/mol. The fourth-order valence-corrected chi connectivity index (χ4v) is 1.42. The van der Waals surface area contributed by atoms with Crippen molar-refractivity contribution in [2.24, 2.45) is 0 Å². The molecule has 1 fully saturated rings. The van der Waals surface area contributed by atoms with Crippen LogP contribution in [0.25, 0.3) is 0 Å².